The Morgan fingerprint density at radius 2 is 1.63 bits per heavy atom. The van der Waals surface area contributed by atoms with Gasteiger partial charge in [-0.05, 0) is 41.5 Å². The van der Waals surface area contributed by atoms with E-state index in [0.717, 1.165) is 44.4 Å². The summed E-state index contributed by atoms with van der Waals surface area (Å²) in [4.78, 5) is 4.88. The summed E-state index contributed by atoms with van der Waals surface area (Å²) in [5.74, 6) is 0.299. The largest absolute Gasteiger partial charge is 0.508 e. The Hall–Kier alpha value is -2.26. The summed E-state index contributed by atoms with van der Waals surface area (Å²) in [6.07, 6.45) is 0.618. The van der Waals surface area contributed by atoms with Crippen molar-refractivity contribution in [2.75, 3.05) is 0 Å². The number of benzene rings is 3. The maximum Gasteiger partial charge on any atom is 0.119 e. The normalized spacial score (nSPS) is 11.8. The quantitative estimate of drug-likeness (QED) is 0.323. The van der Waals surface area contributed by atoms with Crippen molar-refractivity contribution in [2.45, 2.75) is 6.42 Å². The molecule has 27 heavy (non-hydrogen) atoms. The molecule has 1 heterocycles. The van der Waals surface area contributed by atoms with Crippen molar-refractivity contribution in [1.82, 2.24) is 4.98 Å². The van der Waals surface area contributed by atoms with Gasteiger partial charge in [0.1, 0.15) is 5.75 Å². The lowest BCUT2D eigenvalue weighted by Gasteiger charge is -2.14. The second-order valence-corrected chi connectivity index (χ2v) is 7.28. The van der Waals surface area contributed by atoms with Crippen molar-refractivity contribution in [2.24, 2.45) is 0 Å². The van der Waals surface area contributed by atoms with Crippen molar-refractivity contribution in [3.8, 4) is 28.1 Å². The van der Waals surface area contributed by atoms with Crippen molar-refractivity contribution in [3.05, 3.63) is 81.8 Å². The topological polar surface area (TPSA) is 33.1 Å². The highest BCUT2D eigenvalue weighted by Crippen LogP contribution is 2.47. The van der Waals surface area contributed by atoms with Crippen LogP contribution in [-0.4, -0.2) is 10.1 Å². The molecule has 1 aromatic heterocycles. The van der Waals surface area contributed by atoms with E-state index in [1.807, 2.05) is 54.6 Å². The Balaban J connectivity index is 0.00000180. The predicted octanol–water partition coefficient (Wildman–Crippen LogP) is 6.91. The molecule has 0 saturated carbocycles. The molecule has 0 spiro atoms. The number of aromatic hydroxyl groups is 1. The second-order valence-electron chi connectivity index (χ2n) is 6.44. The van der Waals surface area contributed by atoms with E-state index in [-0.39, 0.29) is 12.4 Å². The predicted molar refractivity (Wildman–Crippen MR) is 114 cm³/mol. The van der Waals surface area contributed by atoms with Gasteiger partial charge in [-0.2, -0.15) is 0 Å². The highest BCUT2D eigenvalue weighted by molar-refractivity contribution is 6.34. The van der Waals surface area contributed by atoms with Crippen LogP contribution < -0.4 is 0 Å². The van der Waals surface area contributed by atoms with E-state index >= 15 is 0 Å². The molecule has 2 nitrogen and oxygen atoms in total. The zero-order valence-corrected chi connectivity index (χ0v) is 16.4. The SMILES string of the molecule is Cl.Oc1cccc2c1Cc1c-2nc2ccc(Cl)cc2c1-c1ccccc1Cl. The maximum atomic E-state index is 10.3. The Kier molecular flexibility index (Phi) is 4.51. The molecule has 0 fully saturated rings. The summed E-state index contributed by atoms with van der Waals surface area (Å²) in [6, 6.07) is 19.1. The van der Waals surface area contributed by atoms with E-state index in [9.17, 15) is 5.11 Å². The molecule has 0 amide bonds. The lowest BCUT2D eigenvalue weighted by atomic mass is 9.94. The van der Waals surface area contributed by atoms with Crippen molar-refractivity contribution in [1.29, 1.82) is 0 Å². The molecule has 0 aliphatic heterocycles. The monoisotopic (exact) mass is 413 g/mol. The number of phenolic OH excluding ortho intramolecular Hbond substituents is 1. The first-order valence-electron chi connectivity index (χ1n) is 8.32. The summed E-state index contributed by atoms with van der Waals surface area (Å²) in [5.41, 5.74) is 6.71. The molecule has 1 aliphatic rings. The minimum absolute atomic E-state index is 0. The molecular formula is C22H14Cl3NO. The van der Waals surface area contributed by atoms with Crippen LogP contribution in [0.25, 0.3) is 33.3 Å². The number of rotatable bonds is 1. The Bertz CT molecular complexity index is 1200. The molecule has 0 unspecified atom stereocenters. The van der Waals surface area contributed by atoms with Crippen molar-refractivity contribution < 1.29 is 5.11 Å². The average Bonchev–Trinajstić information content (AvgIpc) is 3.00. The van der Waals surface area contributed by atoms with Crippen LogP contribution in [0.4, 0.5) is 0 Å². The fraction of sp³-hybridized carbons (Fsp3) is 0.0455. The average molecular weight is 415 g/mol. The molecular weight excluding hydrogens is 401 g/mol. The van der Waals surface area contributed by atoms with Crippen LogP contribution in [-0.2, 0) is 6.42 Å². The molecule has 0 bridgehead atoms. The first-order valence-corrected chi connectivity index (χ1v) is 9.07. The second kappa shape index (κ2) is 6.72. The molecule has 0 radical (unpaired) electrons. The number of fused-ring (bicyclic) bond motifs is 4. The van der Waals surface area contributed by atoms with Crippen LogP contribution in [0.5, 0.6) is 5.75 Å². The highest BCUT2D eigenvalue weighted by Gasteiger charge is 2.28. The van der Waals surface area contributed by atoms with E-state index in [2.05, 4.69) is 0 Å². The van der Waals surface area contributed by atoms with Gasteiger partial charge in [0.25, 0.3) is 0 Å². The van der Waals surface area contributed by atoms with E-state index in [1.165, 1.54) is 0 Å². The molecule has 1 N–H and O–H groups in total. The number of hydrogen-bond donors (Lipinski definition) is 1. The molecule has 3 aromatic carbocycles. The third kappa shape index (κ3) is 2.76. The van der Waals surface area contributed by atoms with Gasteiger partial charge in [0.05, 0.1) is 11.2 Å². The maximum absolute atomic E-state index is 10.3. The van der Waals surface area contributed by atoms with Gasteiger partial charge >= 0.3 is 0 Å². The fourth-order valence-electron chi connectivity index (χ4n) is 3.80. The first kappa shape index (κ1) is 18.1. The van der Waals surface area contributed by atoms with Gasteiger partial charge in [0.15, 0.2) is 0 Å². The van der Waals surface area contributed by atoms with E-state index in [0.29, 0.717) is 22.2 Å². The van der Waals surface area contributed by atoms with Crippen LogP contribution >= 0.6 is 35.6 Å². The minimum atomic E-state index is 0. The van der Waals surface area contributed by atoms with E-state index < -0.39 is 0 Å². The summed E-state index contributed by atoms with van der Waals surface area (Å²) in [7, 11) is 0. The molecule has 5 heteroatoms. The molecule has 134 valence electrons. The van der Waals surface area contributed by atoms with Crippen LogP contribution in [0.3, 0.4) is 0 Å². The minimum Gasteiger partial charge on any atom is -0.508 e. The number of aromatic nitrogens is 1. The molecule has 4 aromatic rings. The van der Waals surface area contributed by atoms with Gasteiger partial charge in [-0.1, -0.05) is 53.5 Å². The van der Waals surface area contributed by atoms with Gasteiger partial charge in [0.2, 0.25) is 0 Å². The fourth-order valence-corrected chi connectivity index (χ4v) is 4.20. The molecule has 5 rings (SSSR count). The summed E-state index contributed by atoms with van der Waals surface area (Å²) in [6.45, 7) is 0. The smallest absolute Gasteiger partial charge is 0.119 e. The van der Waals surface area contributed by atoms with Crippen LogP contribution in [0, 0.1) is 0 Å². The van der Waals surface area contributed by atoms with E-state index in [1.54, 1.807) is 6.07 Å². The standard InChI is InChI=1S/C22H13Cl2NO.ClH/c23-12-8-9-19-16(10-12)21(14-4-1-2-6-18(14)24)17-11-15-13(22(17)25-19)5-3-7-20(15)26;/h1-10,26H,11H2;1H. The Morgan fingerprint density at radius 3 is 2.44 bits per heavy atom. The third-order valence-corrected chi connectivity index (χ3v) is 5.52. The summed E-state index contributed by atoms with van der Waals surface area (Å²) < 4.78 is 0. The van der Waals surface area contributed by atoms with Gasteiger partial charge in [0, 0.05) is 38.5 Å². The lowest BCUT2D eigenvalue weighted by Crippen LogP contribution is -1.94. The molecule has 1 aliphatic carbocycles. The zero-order chi connectivity index (χ0) is 17.8. The van der Waals surface area contributed by atoms with Gasteiger partial charge in [-0.15, -0.1) is 12.4 Å². The number of hydrogen-bond acceptors (Lipinski definition) is 2. The molecule has 0 atom stereocenters. The number of pyridine rings is 1. The summed E-state index contributed by atoms with van der Waals surface area (Å²) >= 11 is 12.8. The van der Waals surface area contributed by atoms with Crippen molar-refractivity contribution in [3.63, 3.8) is 0 Å². The van der Waals surface area contributed by atoms with E-state index in [4.69, 9.17) is 28.2 Å². The number of phenols is 1. The van der Waals surface area contributed by atoms with Gasteiger partial charge in [-0.3, -0.25) is 0 Å². The van der Waals surface area contributed by atoms with Gasteiger partial charge in [-0.25, -0.2) is 4.98 Å². The highest BCUT2D eigenvalue weighted by atomic mass is 35.5. The third-order valence-electron chi connectivity index (χ3n) is 4.95. The first-order chi connectivity index (χ1) is 12.6. The Labute approximate surface area is 172 Å². The summed E-state index contributed by atoms with van der Waals surface area (Å²) in [5, 5.41) is 12.6. The number of nitrogens with zero attached hydrogens (tertiary/aromatic N) is 1. The van der Waals surface area contributed by atoms with Crippen molar-refractivity contribution >= 4 is 46.5 Å². The van der Waals surface area contributed by atoms with Gasteiger partial charge < -0.3 is 5.11 Å². The molecule has 0 saturated heterocycles. The lowest BCUT2D eigenvalue weighted by molar-refractivity contribution is 0.470. The van der Waals surface area contributed by atoms with Crippen LogP contribution in [0.2, 0.25) is 10.0 Å². The van der Waals surface area contributed by atoms with Crippen LogP contribution in [0.1, 0.15) is 11.1 Å². The Morgan fingerprint density at radius 1 is 0.852 bits per heavy atom. The van der Waals surface area contributed by atoms with Crippen LogP contribution in [0.15, 0.2) is 60.7 Å². The number of halogens is 3. The zero-order valence-electron chi connectivity index (χ0n) is 14.0.